The first-order valence-corrected chi connectivity index (χ1v) is 12.3. The summed E-state index contributed by atoms with van der Waals surface area (Å²) in [6.45, 7) is 9.12. The number of hydrogen-bond donors (Lipinski definition) is 3. The molecule has 1 aliphatic rings. The molecule has 3 aromatic carbocycles. The first-order valence-electron chi connectivity index (χ1n) is 11.9. The zero-order valence-corrected chi connectivity index (χ0v) is 21.5. The maximum Gasteiger partial charge on any atom is 0.141 e. The summed E-state index contributed by atoms with van der Waals surface area (Å²) < 4.78 is 0. The maximum absolute atomic E-state index is 8.82. The number of aromatic nitrogens is 2. The lowest BCUT2D eigenvalue weighted by Gasteiger charge is -2.35. The van der Waals surface area contributed by atoms with E-state index in [1.807, 2.05) is 12.1 Å². The molecule has 0 spiro atoms. The van der Waals surface area contributed by atoms with E-state index in [-0.39, 0.29) is 11.5 Å². The van der Waals surface area contributed by atoms with Crippen molar-refractivity contribution < 1.29 is 0 Å². The minimum atomic E-state index is 0.219. The minimum absolute atomic E-state index is 0.219. The number of benzene rings is 3. The number of para-hydroxylation sites is 1. The van der Waals surface area contributed by atoms with E-state index in [1.165, 1.54) is 11.9 Å². The summed E-state index contributed by atoms with van der Waals surface area (Å²) in [6.07, 6.45) is 3.58. The van der Waals surface area contributed by atoms with Gasteiger partial charge in [0.25, 0.3) is 0 Å². The molecule has 6 nitrogen and oxygen atoms in total. The van der Waals surface area contributed by atoms with E-state index < -0.39 is 0 Å². The van der Waals surface area contributed by atoms with Crippen LogP contribution in [0.3, 0.4) is 0 Å². The first kappa shape index (κ1) is 24.3. The SMILES string of the molecule is C=C1c2c(C)cccc2C=C(CNc2ncnc(N)c2C(=N)c2ccc(Cl)cc2)N1c1ccccc1C. The molecule has 2 heterocycles. The van der Waals surface area contributed by atoms with E-state index in [9.17, 15) is 0 Å². The molecule has 0 unspecified atom stereocenters. The van der Waals surface area contributed by atoms with Crippen LogP contribution in [0.2, 0.25) is 5.02 Å². The smallest absolute Gasteiger partial charge is 0.141 e. The largest absolute Gasteiger partial charge is 0.383 e. The molecule has 1 aromatic heterocycles. The van der Waals surface area contributed by atoms with Crippen molar-refractivity contribution in [3.05, 3.63) is 124 Å². The van der Waals surface area contributed by atoms with E-state index in [2.05, 4.69) is 77.0 Å². The molecule has 7 heteroatoms. The lowest BCUT2D eigenvalue weighted by molar-refractivity contribution is 1.06. The first-order chi connectivity index (χ1) is 17.8. The van der Waals surface area contributed by atoms with Gasteiger partial charge in [-0.1, -0.05) is 66.7 Å². The number of nitrogens with one attached hydrogen (secondary N) is 2. The highest BCUT2D eigenvalue weighted by atomic mass is 35.5. The Hall–Kier alpha value is -4.42. The van der Waals surface area contributed by atoms with Gasteiger partial charge in [-0.3, -0.25) is 5.41 Å². The number of fused-ring (bicyclic) bond motifs is 1. The van der Waals surface area contributed by atoms with Crippen LogP contribution < -0.4 is 16.0 Å². The third-order valence-electron chi connectivity index (χ3n) is 6.53. The second-order valence-electron chi connectivity index (χ2n) is 8.96. The van der Waals surface area contributed by atoms with Gasteiger partial charge in [-0.2, -0.15) is 0 Å². The molecule has 184 valence electrons. The molecule has 0 fully saturated rings. The van der Waals surface area contributed by atoms with Crippen LogP contribution in [0.1, 0.15) is 33.4 Å². The van der Waals surface area contributed by atoms with Crippen molar-refractivity contribution in [1.82, 2.24) is 9.97 Å². The predicted octanol–water partition coefficient (Wildman–Crippen LogP) is 6.69. The van der Waals surface area contributed by atoms with E-state index >= 15 is 0 Å². The van der Waals surface area contributed by atoms with Crippen molar-refractivity contribution in [2.75, 3.05) is 22.5 Å². The van der Waals surface area contributed by atoms with Crippen LogP contribution in [-0.4, -0.2) is 22.2 Å². The zero-order chi connectivity index (χ0) is 26.1. The molecular formula is C30H27ClN6. The highest BCUT2D eigenvalue weighted by Crippen LogP contribution is 2.39. The van der Waals surface area contributed by atoms with Gasteiger partial charge < -0.3 is 16.0 Å². The number of aryl methyl sites for hydroxylation is 2. The lowest BCUT2D eigenvalue weighted by Crippen LogP contribution is -2.29. The number of nitrogens with zero attached hydrogens (tertiary/aromatic N) is 3. The molecule has 1 aliphatic heterocycles. The number of halogens is 1. The molecule has 0 radical (unpaired) electrons. The summed E-state index contributed by atoms with van der Waals surface area (Å²) in [6, 6.07) is 21.6. The van der Waals surface area contributed by atoms with Gasteiger partial charge in [0.1, 0.15) is 18.0 Å². The number of nitrogens with two attached hydrogens (primary N) is 1. The average Bonchev–Trinajstić information content (AvgIpc) is 2.88. The van der Waals surface area contributed by atoms with Crippen molar-refractivity contribution >= 4 is 46.4 Å². The van der Waals surface area contributed by atoms with Crippen molar-refractivity contribution in [3.63, 3.8) is 0 Å². The Kier molecular flexibility index (Phi) is 6.51. The van der Waals surface area contributed by atoms with Crippen LogP contribution in [0.25, 0.3) is 11.8 Å². The van der Waals surface area contributed by atoms with Crippen LogP contribution >= 0.6 is 11.6 Å². The number of anilines is 3. The van der Waals surface area contributed by atoms with Crippen LogP contribution in [0.15, 0.2) is 85.3 Å². The van der Waals surface area contributed by atoms with Crippen molar-refractivity contribution in [1.29, 1.82) is 5.41 Å². The average molecular weight is 507 g/mol. The molecule has 5 rings (SSSR count). The Bertz CT molecular complexity index is 1560. The Morgan fingerprint density at radius 3 is 2.49 bits per heavy atom. The van der Waals surface area contributed by atoms with Crippen molar-refractivity contribution in [2.45, 2.75) is 13.8 Å². The molecule has 4 aromatic rings. The van der Waals surface area contributed by atoms with Gasteiger partial charge in [0, 0.05) is 33.2 Å². The Labute approximate surface area is 221 Å². The van der Waals surface area contributed by atoms with Crippen LogP contribution in [-0.2, 0) is 0 Å². The lowest BCUT2D eigenvalue weighted by atomic mass is 9.93. The molecule has 37 heavy (non-hydrogen) atoms. The fourth-order valence-electron chi connectivity index (χ4n) is 4.69. The zero-order valence-electron chi connectivity index (χ0n) is 20.7. The molecule has 0 atom stereocenters. The molecule has 0 amide bonds. The molecule has 4 N–H and O–H groups in total. The molecule has 0 bridgehead atoms. The van der Waals surface area contributed by atoms with Gasteiger partial charge in [0.15, 0.2) is 0 Å². The molecule has 0 saturated heterocycles. The Morgan fingerprint density at radius 1 is 1.00 bits per heavy atom. The van der Waals surface area contributed by atoms with Gasteiger partial charge >= 0.3 is 0 Å². The van der Waals surface area contributed by atoms with E-state index in [0.29, 0.717) is 28.5 Å². The predicted molar refractivity (Wildman–Crippen MR) is 154 cm³/mol. The van der Waals surface area contributed by atoms with Crippen LogP contribution in [0.5, 0.6) is 0 Å². The van der Waals surface area contributed by atoms with Crippen LogP contribution in [0.4, 0.5) is 17.3 Å². The summed E-state index contributed by atoms with van der Waals surface area (Å²) in [5.74, 6) is 0.718. The standard InChI is InChI=1S/C30H27ClN6/c1-18-7-4-5-10-25(18)37-20(3)26-19(2)8-6-9-22(26)15-24(37)16-34-30-27(29(33)35-17-36-30)28(32)21-11-13-23(31)14-12-21/h4-15,17,32H,3,16H2,1-2H3,(H3,33,34,35,36). The minimum Gasteiger partial charge on any atom is -0.383 e. The summed E-state index contributed by atoms with van der Waals surface area (Å²) in [4.78, 5) is 10.8. The van der Waals surface area contributed by atoms with Crippen LogP contribution in [0, 0.1) is 19.3 Å². The third kappa shape index (κ3) is 4.59. The van der Waals surface area contributed by atoms with E-state index in [0.717, 1.165) is 33.8 Å². The fourth-order valence-corrected chi connectivity index (χ4v) is 4.82. The van der Waals surface area contributed by atoms with Gasteiger partial charge in [-0.25, -0.2) is 9.97 Å². The third-order valence-corrected chi connectivity index (χ3v) is 6.78. The Morgan fingerprint density at radius 2 is 1.73 bits per heavy atom. The number of hydrogen-bond acceptors (Lipinski definition) is 6. The topological polar surface area (TPSA) is 90.9 Å². The second kappa shape index (κ2) is 9.91. The quantitative estimate of drug-likeness (QED) is 0.253. The van der Waals surface area contributed by atoms with Gasteiger partial charge in [0.05, 0.1) is 17.8 Å². The van der Waals surface area contributed by atoms with E-state index in [4.69, 9.17) is 22.7 Å². The summed E-state index contributed by atoms with van der Waals surface area (Å²) >= 11 is 6.04. The highest BCUT2D eigenvalue weighted by Gasteiger charge is 2.26. The number of rotatable bonds is 6. The van der Waals surface area contributed by atoms with Gasteiger partial charge in [-0.05, 0) is 54.8 Å². The summed E-state index contributed by atoms with van der Waals surface area (Å²) in [5.41, 5.74) is 15.1. The van der Waals surface area contributed by atoms with E-state index in [1.54, 1.807) is 24.3 Å². The van der Waals surface area contributed by atoms with Gasteiger partial charge in [-0.15, -0.1) is 0 Å². The maximum atomic E-state index is 8.82. The highest BCUT2D eigenvalue weighted by molar-refractivity contribution is 6.30. The molecular weight excluding hydrogens is 480 g/mol. The fraction of sp³-hybridized carbons (Fsp3) is 0.100. The second-order valence-corrected chi connectivity index (χ2v) is 9.40. The van der Waals surface area contributed by atoms with Crippen molar-refractivity contribution in [2.24, 2.45) is 0 Å². The normalized spacial score (nSPS) is 12.7. The monoisotopic (exact) mass is 506 g/mol. The summed E-state index contributed by atoms with van der Waals surface area (Å²) in [7, 11) is 0. The van der Waals surface area contributed by atoms with Gasteiger partial charge in [0.2, 0.25) is 0 Å². The van der Waals surface area contributed by atoms with Crippen molar-refractivity contribution in [3.8, 4) is 0 Å². The summed E-state index contributed by atoms with van der Waals surface area (Å²) in [5, 5.41) is 12.8. The Balaban J connectivity index is 1.54. The molecule has 0 saturated carbocycles. The molecule has 0 aliphatic carbocycles. The number of nitrogen functional groups attached to an aromatic ring is 1.